The normalized spacial score (nSPS) is 28.3. The van der Waals surface area contributed by atoms with Crippen molar-refractivity contribution in [3.8, 4) is 5.75 Å². The number of hydrogen-bond acceptors (Lipinski definition) is 3. The Hall–Kier alpha value is -1.84. The Labute approximate surface area is 156 Å². The van der Waals surface area contributed by atoms with Crippen LogP contribution in [0.25, 0.3) is 0 Å². The Morgan fingerprint density at radius 2 is 1.77 bits per heavy atom. The maximum Gasteiger partial charge on any atom is 0.119 e. The van der Waals surface area contributed by atoms with Crippen molar-refractivity contribution in [3.63, 3.8) is 0 Å². The van der Waals surface area contributed by atoms with E-state index < -0.39 is 5.60 Å². The lowest BCUT2D eigenvalue weighted by Gasteiger charge is -2.48. The highest BCUT2D eigenvalue weighted by atomic mass is 16.5. The van der Waals surface area contributed by atoms with Crippen molar-refractivity contribution in [1.82, 2.24) is 5.32 Å². The van der Waals surface area contributed by atoms with Crippen LogP contribution >= 0.6 is 0 Å². The molecule has 0 aromatic heterocycles. The number of ether oxygens (including phenoxy) is 1. The second kappa shape index (κ2) is 7.81. The molecule has 138 valence electrons. The number of aliphatic hydroxyl groups is 1. The van der Waals surface area contributed by atoms with Crippen LogP contribution < -0.4 is 10.1 Å². The fraction of sp³-hybridized carbons (Fsp3) is 0.478. The van der Waals surface area contributed by atoms with Gasteiger partial charge >= 0.3 is 0 Å². The monoisotopic (exact) mass is 351 g/mol. The number of nitrogens with one attached hydrogen (secondary N) is 1. The van der Waals surface area contributed by atoms with Crippen molar-refractivity contribution >= 4 is 0 Å². The van der Waals surface area contributed by atoms with Crippen LogP contribution in [0.4, 0.5) is 0 Å². The molecule has 0 spiro atoms. The first-order valence-corrected chi connectivity index (χ1v) is 9.94. The topological polar surface area (TPSA) is 41.5 Å². The molecule has 0 amide bonds. The smallest absolute Gasteiger partial charge is 0.119 e. The Morgan fingerprint density at radius 1 is 0.962 bits per heavy atom. The highest BCUT2D eigenvalue weighted by molar-refractivity contribution is 5.28. The SMILES string of the molecule is OC12CCCCC1C(Cc1ccc(OCc3ccccc3)cc1)NCC2. The molecular formula is C23H29NO2. The second-order valence-corrected chi connectivity index (χ2v) is 7.89. The summed E-state index contributed by atoms with van der Waals surface area (Å²) in [4.78, 5) is 0. The summed E-state index contributed by atoms with van der Waals surface area (Å²) in [5.74, 6) is 1.29. The van der Waals surface area contributed by atoms with Crippen LogP contribution in [0, 0.1) is 5.92 Å². The van der Waals surface area contributed by atoms with Gasteiger partial charge in [0.05, 0.1) is 5.60 Å². The maximum atomic E-state index is 11.0. The molecular weight excluding hydrogens is 322 g/mol. The third-order valence-corrected chi connectivity index (χ3v) is 6.14. The number of rotatable bonds is 5. The third-order valence-electron chi connectivity index (χ3n) is 6.14. The van der Waals surface area contributed by atoms with Crippen molar-refractivity contribution in [1.29, 1.82) is 0 Å². The van der Waals surface area contributed by atoms with Gasteiger partial charge in [-0.05, 0) is 55.5 Å². The zero-order valence-corrected chi connectivity index (χ0v) is 15.4. The largest absolute Gasteiger partial charge is 0.489 e. The first-order valence-electron chi connectivity index (χ1n) is 9.94. The lowest BCUT2D eigenvalue weighted by Crippen LogP contribution is -2.58. The van der Waals surface area contributed by atoms with Crippen molar-refractivity contribution in [3.05, 3.63) is 65.7 Å². The maximum absolute atomic E-state index is 11.0. The number of piperidine rings is 1. The summed E-state index contributed by atoms with van der Waals surface area (Å²) in [6.45, 7) is 1.52. The molecule has 3 atom stereocenters. The molecule has 0 bridgehead atoms. The fourth-order valence-electron chi connectivity index (χ4n) is 4.68. The van der Waals surface area contributed by atoms with Crippen LogP contribution in [0.2, 0.25) is 0 Å². The van der Waals surface area contributed by atoms with E-state index in [1.54, 1.807) is 0 Å². The minimum atomic E-state index is -0.438. The molecule has 3 heteroatoms. The van der Waals surface area contributed by atoms with Gasteiger partial charge in [0, 0.05) is 12.0 Å². The Morgan fingerprint density at radius 3 is 2.58 bits per heavy atom. The van der Waals surface area contributed by atoms with Gasteiger partial charge in [0.2, 0.25) is 0 Å². The van der Waals surface area contributed by atoms with Gasteiger partial charge < -0.3 is 15.2 Å². The summed E-state index contributed by atoms with van der Waals surface area (Å²) in [6.07, 6.45) is 6.42. The summed E-state index contributed by atoms with van der Waals surface area (Å²) in [7, 11) is 0. The van der Waals surface area contributed by atoms with Gasteiger partial charge in [-0.2, -0.15) is 0 Å². The first kappa shape index (κ1) is 17.6. The van der Waals surface area contributed by atoms with E-state index in [4.69, 9.17) is 4.74 Å². The standard InChI is InChI=1S/C23H29NO2/c25-23-13-5-4-8-21(23)22(24-15-14-23)16-18-9-11-20(12-10-18)26-17-19-6-2-1-3-7-19/h1-3,6-7,9-12,21-22,24-25H,4-5,8,13-17H2. The summed E-state index contributed by atoms with van der Waals surface area (Å²) in [6, 6.07) is 19.1. The zero-order chi connectivity index (χ0) is 17.8. The molecule has 1 aliphatic carbocycles. The van der Waals surface area contributed by atoms with Crippen LogP contribution in [-0.2, 0) is 13.0 Å². The fourth-order valence-corrected chi connectivity index (χ4v) is 4.68. The van der Waals surface area contributed by atoms with E-state index in [0.29, 0.717) is 18.6 Å². The molecule has 2 N–H and O–H groups in total. The van der Waals surface area contributed by atoms with Crippen LogP contribution in [0.5, 0.6) is 5.75 Å². The van der Waals surface area contributed by atoms with E-state index in [9.17, 15) is 5.11 Å². The first-order chi connectivity index (χ1) is 12.7. The van der Waals surface area contributed by atoms with E-state index in [1.165, 1.54) is 24.0 Å². The summed E-state index contributed by atoms with van der Waals surface area (Å²) < 4.78 is 5.88. The predicted octanol–water partition coefficient (Wildman–Crippen LogP) is 4.09. The van der Waals surface area contributed by atoms with Gasteiger partial charge in [-0.3, -0.25) is 0 Å². The van der Waals surface area contributed by atoms with E-state index in [1.807, 2.05) is 18.2 Å². The van der Waals surface area contributed by atoms with E-state index >= 15 is 0 Å². The van der Waals surface area contributed by atoms with Crippen molar-refractivity contribution in [2.75, 3.05) is 6.54 Å². The number of benzene rings is 2. The molecule has 1 aliphatic heterocycles. The summed E-state index contributed by atoms with van der Waals surface area (Å²) in [5.41, 5.74) is 2.05. The molecule has 4 rings (SSSR count). The lowest BCUT2D eigenvalue weighted by molar-refractivity contribution is -0.0850. The number of hydrogen-bond donors (Lipinski definition) is 2. The van der Waals surface area contributed by atoms with Gasteiger partial charge in [0.1, 0.15) is 12.4 Å². The van der Waals surface area contributed by atoms with Crippen LogP contribution in [0.3, 0.4) is 0 Å². The molecule has 0 radical (unpaired) electrons. The molecule has 2 fully saturated rings. The lowest BCUT2D eigenvalue weighted by atomic mass is 9.67. The Bertz CT molecular complexity index is 696. The van der Waals surface area contributed by atoms with E-state index in [0.717, 1.165) is 38.0 Å². The number of fused-ring (bicyclic) bond motifs is 1. The van der Waals surface area contributed by atoms with Gasteiger partial charge in [-0.25, -0.2) is 0 Å². The molecule has 26 heavy (non-hydrogen) atoms. The van der Waals surface area contributed by atoms with Crippen LogP contribution in [-0.4, -0.2) is 23.3 Å². The molecule has 3 nitrogen and oxygen atoms in total. The third kappa shape index (κ3) is 3.94. The zero-order valence-electron chi connectivity index (χ0n) is 15.4. The van der Waals surface area contributed by atoms with Gasteiger partial charge in [0.15, 0.2) is 0 Å². The molecule has 1 saturated heterocycles. The average Bonchev–Trinajstić information content (AvgIpc) is 2.68. The van der Waals surface area contributed by atoms with Crippen LogP contribution in [0.15, 0.2) is 54.6 Å². The predicted molar refractivity (Wildman–Crippen MR) is 104 cm³/mol. The molecule has 2 aromatic carbocycles. The van der Waals surface area contributed by atoms with Gasteiger partial charge in [-0.1, -0.05) is 55.3 Å². The highest BCUT2D eigenvalue weighted by Crippen LogP contribution is 2.41. The Kier molecular flexibility index (Phi) is 5.28. The summed E-state index contributed by atoms with van der Waals surface area (Å²) in [5, 5.41) is 14.7. The highest BCUT2D eigenvalue weighted by Gasteiger charge is 2.45. The summed E-state index contributed by atoms with van der Waals surface area (Å²) >= 11 is 0. The Balaban J connectivity index is 1.36. The molecule has 2 aliphatic rings. The van der Waals surface area contributed by atoms with Crippen molar-refractivity contribution in [2.45, 2.75) is 56.8 Å². The quantitative estimate of drug-likeness (QED) is 0.852. The van der Waals surface area contributed by atoms with Crippen molar-refractivity contribution < 1.29 is 9.84 Å². The minimum absolute atomic E-state index is 0.380. The van der Waals surface area contributed by atoms with Crippen LogP contribution in [0.1, 0.15) is 43.2 Å². The minimum Gasteiger partial charge on any atom is -0.489 e. The second-order valence-electron chi connectivity index (χ2n) is 7.89. The average molecular weight is 351 g/mol. The van der Waals surface area contributed by atoms with Gasteiger partial charge in [0.25, 0.3) is 0 Å². The van der Waals surface area contributed by atoms with E-state index in [-0.39, 0.29) is 0 Å². The van der Waals surface area contributed by atoms with Gasteiger partial charge in [-0.15, -0.1) is 0 Å². The molecule has 1 heterocycles. The molecule has 2 aromatic rings. The molecule has 1 saturated carbocycles. The van der Waals surface area contributed by atoms with Crippen molar-refractivity contribution in [2.24, 2.45) is 5.92 Å². The van der Waals surface area contributed by atoms with E-state index in [2.05, 4.69) is 41.7 Å². The molecule has 3 unspecified atom stereocenters.